The van der Waals surface area contributed by atoms with E-state index in [0.717, 1.165) is 24.7 Å². The van der Waals surface area contributed by atoms with Gasteiger partial charge in [-0.05, 0) is 49.4 Å². The van der Waals surface area contributed by atoms with Gasteiger partial charge in [0.1, 0.15) is 0 Å². The Morgan fingerprint density at radius 3 is 2.67 bits per heavy atom. The standard InChI is InChI=1S/C12H21NO2/c1-15-10-6-12(5-9(10)14)8-3-2-7(4-8)11(12)13/h7-11,14H,2-6,13H2,1H3/t7-,8+,9-,10-,11+,12+/m1/s1. The van der Waals surface area contributed by atoms with Crippen LogP contribution < -0.4 is 5.73 Å². The predicted octanol–water partition coefficient (Wildman–Crippen LogP) is 0.900. The van der Waals surface area contributed by atoms with Crippen molar-refractivity contribution in [2.24, 2.45) is 23.0 Å². The summed E-state index contributed by atoms with van der Waals surface area (Å²) in [6.45, 7) is 0. The molecule has 0 radical (unpaired) electrons. The fraction of sp³-hybridized carbons (Fsp3) is 1.00. The summed E-state index contributed by atoms with van der Waals surface area (Å²) < 4.78 is 5.36. The second-order valence-electron chi connectivity index (χ2n) is 5.78. The average molecular weight is 211 g/mol. The molecule has 0 aromatic heterocycles. The first-order chi connectivity index (χ1) is 7.17. The molecule has 0 saturated heterocycles. The Hall–Kier alpha value is -0.120. The number of hydrogen-bond donors (Lipinski definition) is 2. The highest BCUT2D eigenvalue weighted by Crippen LogP contribution is 2.62. The fourth-order valence-corrected chi connectivity index (χ4v) is 4.57. The molecule has 1 spiro atoms. The molecule has 0 aromatic rings. The van der Waals surface area contributed by atoms with Gasteiger partial charge < -0.3 is 15.6 Å². The minimum atomic E-state index is -0.291. The van der Waals surface area contributed by atoms with Gasteiger partial charge in [-0.2, -0.15) is 0 Å². The van der Waals surface area contributed by atoms with Crippen LogP contribution in [0.5, 0.6) is 0 Å². The lowest BCUT2D eigenvalue weighted by Crippen LogP contribution is -2.45. The van der Waals surface area contributed by atoms with Crippen LogP contribution in [0.3, 0.4) is 0 Å². The van der Waals surface area contributed by atoms with Gasteiger partial charge in [-0.3, -0.25) is 0 Å². The number of ether oxygens (including phenoxy) is 1. The summed E-state index contributed by atoms with van der Waals surface area (Å²) in [5.41, 5.74) is 6.58. The second-order valence-corrected chi connectivity index (χ2v) is 5.78. The van der Waals surface area contributed by atoms with Crippen molar-refractivity contribution in [2.75, 3.05) is 7.11 Å². The Morgan fingerprint density at radius 1 is 1.33 bits per heavy atom. The van der Waals surface area contributed by atoms with E-state index in [0.29, 0.717) is 6.04 Å². The molecule has 3 rings (SSSR count). The van der Waals surface area contributed by atoms with Crippen molar-refractivity contribution in [1.82, 2.24) is 0 Å². The van der Waals surface area contributed by atoms with Gasteiger partial charge in [0.2, 0.25) is 0 Å². The zero-order valence-electron chi connectivity index (χ0n) is 9.36. The normalized spacial score (nSPS) is 58.2. The van der Waals surface area contributed by atoms with E-state index in [1.807, 2.05) is 0 Å². The maximum atomic E-state index is 9.98. The third-order valence-corrected chi connectivity index (χ3v) is 5.36. The quantitative estimate of drug-likeness (QED) is 0.677. The molecule has 0 heterocycles. The Bertz CT molecular complexity index is 266. The lowest BCUT2D eigenvalue weighted by molar-refractivity contribution is 0.00927. The fourth-order valence-electron chi connectivity index (χ4n) is 4.57. The SMILES string of the molecule is CO[C@@H]1C[C@@]2(C[C@H]1O)[C@H]1CC[C@H](C1)[C@@H]2N. The second kappa shape index (κ2) is 3.19. The summed E-state index contributed by atoms with van der Waals surface area (Å²) >= 11 is 0. The minimum Gasteiger partial charge on any atom is -0.390 e. The number of aliphatic hydroxyl groups is 1. The van der Waals surface area contributed by atoms with E-state index < -0.39 is 0 Å². The predicted molar refractivity (Wildman–Crippen MR) is 57.3 cm³/mol. The molecule has 0 aliphatic heterocycles. The van der Waals surface area contributed by atoms with Gasteiger partial charge in [0.25, 0.3) is 0 Å². The summed E-state index contributed by atoms with van der Waals surface area (Å²) in [7, 11) is 1.70. The van der Waals surface area contributed by atoms with Crippen LogP contribution in [-0.4, -0.2) is 30.5 Å². The molecule has 0 amide bonds. The van der Waals surface area contributed by atoms with E-state index in [2.05, 4.69) is 0 Å². The van der Waals surface area contributed by atoms with Crippen LogP contribution in [0, 0.1) is 17.3 Å². The molecule has 3 N–H and O–H groups in total. The van der Waals surface area contributed by atoms with Gasteiger partial charge in [0, 0.05) is 13.2 Å². The van der Waals surface area contributed by atoms with Crippen molar-refractivity contribution in [2.45, 2.75) is 50.4 Å². The summed E-state index contributed by atoms with van der Waals surface area (Å²) in [6.07, 6.45) is 5.50. The maximum absolute atomic E-state index is 9.98. The number of hydrogen-bond acceptors (Lipinski definition) is 3. The Morgan fingerprint density at radius 2 is 2.13 bits per heavy atom. The highest BCUT2D eigenvalue weighted by atomic mass is 16.5. The largest absolute Gasteiger partial charge is 0.390 e. The van der Waals surface area contributed by atoms with E-state index >= 15 is 0 Å². The molecule has 2 bridgehead atoms. The zero-order chi connectivity index (χ0) is 10.6. The van der Waals surface area contributed by atoms with Crippen molar-refractivity contribution in [3.05, 3.63) is 0 Å². The summed E-state index contributed by atoms with van der Waals surface area (Å²) in [4.78, 5) is 0. The third-order valence-electron chi connectivity index (χ3n) is 5.36. The smallest absolute Gasteiger partial charge is 0.0836 e. The molecule has 3 heteroatoms. The Labute approximate surface area is 91.0 Å². The Kier molecular flexibility index (Phi) is 2.14. The van der Waals surface area contributed by atoms with Gasteiger partial charge >= 0.3 is 0 Å². The number of methoxy groups -OCH3 is 1. The zero-order valence-corrected chi connectivity index (χ0v) is 9.36. The summed E-state index contributed by atoms with van der Waals surface area (Å²) in [5.74, 6) is 1.48. The highest BCUT2D eigenvalue weighted by molar-refractivity contribution is 5.13. The van der Waals surface area contributed by atoms with Crippen LogP contribution >= 0.6 is 0 Å². The first kappa shape index (κ1) is 10.1. The van der Waals surface area contributed by atoms with Crippen LogP contribution in [0.25, 0.3) is 0 Å². The van der Waals surface area contributed by atoms with E-state index in [-0.39, 0.29) is 17.6 Å². The van der Waals surface area contributed by atoms with Crippen molar-refractivity contribution in [1.29, 1.82) is 0 Å². The molecular formula is C12H21NO2. The molecule has 15 heavy (non-hydrogen) atoms. The van der Waals surface area contributed by atoms with Crippen molar-refractivity contribution in [3.8, 4) is 0 Å². The van der Waals surface area contributed by atoms with Crippen LogP contribution in [-0.2, 0) is 4.74 Å². The van der Waals surface area contributed by atoms with E-state index in [9.17, 15) is 5.11 Å². The highest BCUT2D eigenvalue weighted by Gasteiger charge is 2.61. The van der Waals surface area contributed by atoms with Crippen molar-refractivity contribution in [3.63, 3.8) is 0 Å². The number of rotatable bonds is 1. The molecule has 3 aliphatic rings. The van der Waals surface area contributed by atoms with Gasteiger partial charge in [0.15, 0.2) is 0 Å². The van der Waals surface area contributed by atoms with E-state index in [1.165, 1.54) is 19.3 Å². The van der Waals surface area contributed by atoms with Crippen LogP contribution in [0.4, 0.5) is 0 Å². The van der Waals surface area contributed by atoms with Gasteiger partial charge in [0.05, 0.1) is 12.2 Å². The minimum absolute atomic E-state index is 0.0235. The molecule has 0 aromatic carbocycles. The molecule has 0 unspecified atom stereocenters. The molecule has 3 aliphatic carbocycles. The maximum Gasteiger partial charge on any atom is 0.0836 e. The van der Waals surface area contributed by atoms with Crippen LogP contribution in [0.2, 0.25) is 0 Å². The third kappa shape index (κ3) is 1.17. The number of nitrogens with two attached hydrogens (primary N) is 1. The monoisotopic (exact) mass is 211 g/mol. The topological polar surface area (TPSA) is 55.5 Å². The van der Waals surface area contributed by atoms with E-state index in [4.69, 9.17) is 10.5 Å². The molecule has 86 valence electrons. The summed E-state index contributed by atoms with van der Waals surface area (Å²) in [5, 5.41) is 9.98. The lowest BCUT2D eigenvalue weighted by atomic mass is 9.69. The molecule has 3 nitrogen and oxygen atoms in total. The molecular weight excluding hydrogens is 190 g/mol. The van der Waals surface area contributed by atoms with Crippen molar-refractivity contribution >= 4 is 0 Å². The Balaban J connectivity index is 1.86. The summed E-state index contributed by atoms with van der Waals surface area (Å²) in [6, 6.07) is 0.311. The van der Waals surface area contributed by atoms with Crippen LogP contribution in [0.15, 0.2) is 0 Å². The molecule has 6 atom stereocenters. The first-order valence-electron chi connectivity index (χ1n) is 6.14. The average Bonchev–Trinajstić information content (AvgIpc) is 2.85. The van der Waals surface area contributed by atoms with Gasteiger partial charge in [-0.15, -0.1) is 0 Å². The molecule has 3 fully saturated rings. The number of fused-ring (bicyclic) bond motifs is 3. The van der Waals surface area contributed by atoms with Gasteiger partial charge in [-0.25, -0.2) is 0 Å². The van der Waals surface area contributed by atoms with Gasteiger partial charge in [-0.1, -0.05) is 0 Å². The van der Waals surface area contributed by atoms with Crippen LogP contribution in [0.1, 0.15) is 32.1 Å². The lowest BCUT2D eigenvalue weighted by Gasteiger charge is -2.39. The van der Waals surface area contributed by atoms with Crippen molar-refractivity contribution < 1.29 is 9.84 Å². The van der Waals surface area contributed by atoms with E-state index in [1.54, 1.807) is 7.11 Å². The number of aliphatic hydroxyl groups excluding tert-OH is 1. The first-order valence-corrected chi connectivity index (χ1v) is 6.14. The molecule has 3 saturated carbocycles.